The fraction of sp³-hybridized carbons (Fsp3) is 1.00. The minimum absolute atomic E-state index is 0.127. The van der Waals surface area contributed by atoms with E-state index < -0.39 is 0 Å². The van der Waals surface area contributed by atoms with Crippen molar-refractivity contribution >= 4 is 0 Å². The maximum absolute atomic E-state index is 9.89. The van der Waals surface area contributed by atoms with Crippen LogP contribution in [0.25, 0.3) is 0 Å². The molecule has 4 atom stereocenters. The molecule has 1 aliphatic carbocycles. The fourth-order valence-corrected chi connectivity index (χ4v) is 3.51. The molecule has 0 aromatic carbocycles. The molecule has 0 spiro atoms. The molecule has 3 aliphatic rings. The molecule has 1 N–H and O–H groups in total. The van der Waals surface area contributed by atoms with E-state index in [1.54, 1.807) is 0 Å². The molecule has 2 bridgehead atoms. The van der Waals surface area contributed by atoms with Gasteiger partial charge in [0.25, 0.3) is 0 Å². The van der Waals surface area contributed by atoms with Crippen LogP contribution in [0, 0.1) is 11.8 Å². The van der Waals surface area contributed by atoms with Crippen LogP contribution in [0.1, 0.15) is 25.7 Å². The first kappa shape index (κ1) is 10.1. The van der Waals surface area contributed by atoms with E-state index in [1.165, 1.54) is 25.8 Å². The summed E-state index contributed by atoms with van der Waals surface area (Å²) in [5.41, 5.74) is 0. The van der Waals surface area contributed by atoms with Crippen molar-refractivity contribution in [2.24, 2.45) is 11.8 Å². The van der Waals surface area contributed by atoms with Crippen molar-refractivity contribution in [2.75, 3.05) is 26.3 Å². The number of rotatable bonds is 2. The van der Waals surface area contributed by atoms with E-state index >= 15 is 0 Å². The zero-order valence-corrected chi connectivity index (χ0v) is 9.27. The Balaban J connectivity index is 1.56. The van der Waals surface area contributed by atoms with Crippen LogP contribution in [0.2, 0.25) is 0 Å². The number of nitrogens with zero attached hydrogens (tertiary/aromatic N) is 1. The molecule has 86 valence electrons. The van der Waals surface area contributed by atoms with Crippen LogP contribution in [0.4, 0.5) is 0 Å². The summed E-state index contributed by atoms with van der Waals surface area (Å²) in [7, 11) is 0. The van der Waals surface area contributed by atoms with Crippen molar-refractivity contribution < 1.29 is 9.84 Å². The van der Waals surface area contributed by atoms with Gasteiger partial charge in [-0.1, -0.05) is 0 Å². The maximum Gasteiger partial charge on any atom is 0.0624 e. The van der Waals surface area contributed by atoms with Gasteiger partial charge >= 0.3 is 0 Å². The van der Waals surface area contributed by atoms with Crippen LogP contribution in [-0.4, -0.2) is 48.5 Å². The van der Waals surface area contributed by atoms with Crippen LogP contribution in [0.15, 0.2) is 0 Å². The van der Waals surface area contributed by atoms with Gasteiger partial charge in [0, 0.05) is 31.7 Å². The Bertz CT molecular complexity index is 234. The van der Waals surface area contributed by atoms with Crippen molar-refractivity contribution in [3.05, 3.63) is 0 Å². The molecular formula is C12H21NO2. The van der Waals surface area contributed by atoms with Gasteiger partial charge < -0.3 is 9.84 Å². The van der Waals surface area contributed by atoms with Gasteiger partial charge in [-0.3, -0.25) is 4.90 Å². The van der Waals surface area contributed by atoms with E-state index in [0.717, 1.165) is 38.1 Å². The number of aliphatic hydroxyl groups is 1. The topological polar surface area (TPSA) is 32.7 Å². The summed E-state index contributed by atoms with van der Waals surface area (Å²) in [6.45, 7) is 3.83. The number of piperidine rings is 1. The Labute approximate surface area is 91.4 Å². The highest BCUT2D eigenvalue weighted by atomic mass is 16.5. The molecule has 3 rings (SSSR count). The summed E-state index contributed by atoms with van der Waals surface area (Å²) in [6.07, 6.45) is 4.92. The molecule has 0 aromatic rings. The summed E-state index contributed by atoms with van der Waals surface area (Å²) < 4.78 is 5.46. The lowest BCUT2D eigenvalue weighted by Crippen LogP contribution is -2.43. The Hall–Kier alpha value is -0.120. The van der Waals surface area contributed by atoms with Crippen molar-refractivity contribution in [1.82, 2.24) is 4.90 Å². The Kier molecular flexibility index (Phi) is 2.71. The highest BCUT2D eigenvalue weighted by molar-refractivity contribution is 4.93. The van der Waals surface area contributed by atoms with Gasteiger partial charge in [-0.05, 0) is 31.6 Å². The summed E-state index contributed by atoms with van der Waals surface area (Å²) in [5, 5.41) is 9.89. The zero-order valence-electron chi connectivity index (χ0n) is 9.27. The third-order valence-electron chi connectivity index (χ3n) is 4.43. The van der Waals surface area contributed by atoms with E-state index in [2.05, 4.69) is 4.90 Å². The predicted octanol–water partition coefficient (Wildman–Crippen LogP) is 0.868. The van der Waals surface area contributed by atoms with Crippen LogP contribution in [-0.2, 0) is 4.74 Å². The molecule has 2 saturated heterocycles. The molecule has 1 saturated carbocycles. The number of fused-ring (bicyclic) bond motifs is 2. The highest BCUT2D eigenvalue weighted by Crippen LogP contribution is 2.38. The number of ether oxygens (including phenoxy) is 1. The van der Waals surface area contributed by atoms with Crippen molar-refractivity contribution in [2.45, 2.75) is 37.8 Å². The fourth-order valence-electron chi connectivity index (χ4n) is 3.51. The number of aliphatic hydroxyl groups excluding tert-OH is 1. The quantitative estimate of drug-likeness (QED) is 0.735. The summed E-state index contributed by atoms with van der Waals surface area (Å²) in [5.74, 6) is 1.31. The maximum atomic E-state index is 9.89. The first-order chi connectivity index (χ1) is 7.33. The molecule has 2 heterocycles. The number of likely N-dealkylation sites (tertiary alicyclic amines) is 1. The van der Waals surface area contributed by atoms with Crippen molar-refractivity contribution in [3.63, 3.8) is 0 Å². The minimum Gasteiger partial charge on any atom is -0.393 e. The first-order valence-corrected chi connectivity index (χ1v) is 6.33. The normalized spacial score (nSPS) is 46.2. The smallest absolute Gasteiger partial charge is 0.0624 e. The number of hydrogen-bond acceptors (Lipinski definition) is 3. The molecule has 3 nitrogen and oxygen atoms in total. The Morgan fingerprint density at radius 3 is 2.87 bits per heavy atom. The van der Waals surface area contributed by atoms with Crippen LogP contribution >= 0.6 is 0 Å². The van der Waals surface area contributed by atoms with E-state index in [-0.39, 0.29) is 6.10 Å². The monoisotopic (exact) mass is 211 g/mol. The third-order valence-corrected chi connectivity index (χ3v) is 4.43. The van der Waals surface area contributed by atoms with E-state index in [0.29, 0.717) is 5.92 Å². The minimum atomic E-state index is -0.127. The molecule has 0 radical (unpaired) electrons. The third kappa shape index (κ3) is 1.93. The van der Waals surface area contributed by atoms with Gasteiger partial charge in [0.2, 0.25) is 0 Å². The second kappa shape index (κ2) is 4.04. The standard InChI is InChI=1S/C12H21NO2/c14-12-3-4-15-8-10(12)7-13-6-9-1-2-11(13)5-9/h9-12,14H,1-8H2. The van der Waals surface area contributed by atoms with Gasteiger partial charge in [-0.25, -0.2) is 0 Å². The van der Waals surface area contributed by atoms with E-state index in [1.807, 2.05) is 0 Å². The van der Waals surface area contributed by atoms with Gasteiger partial charge in [0.1, 0.15) is 0 Å². The van der Waals surface area contributed by atoms with E-state index in [4.69, 9.17) is 4.74 Å². The van der Waals surface area contributed by atoms with E-state index in [9.17, 15) is 5.11 Å². The zero-order chi connectivity index (χ0) is 10.3. The Morgan fingerprint density at radius 1 is 1.27 bits per heavy atom. The number of hydrogen-bond donors (Lipinski definition) is 1. The molecule has 3 fully saturated rings. The lowest BCUT2D eigenvalue weighted by Gasteiger charge is -2.34. The molecule has 0 aromatic heterocycles. The van der Waals surface area contributed by atoms with Gasteiger partial charge in [-0.2, -0.15) is 0 Å². The lowest BCUT2D eigenvalue weighted by molar-refractivity contribution is -0.0491. The second-order valence-electron chi connectivity index (χ2n) is 5.48. The summed E-state index contributed by atoms with van der Waals surface area (Å²) in [6, 6.07) is 0.823. The molecular weight excluding hydrogens is 190 g/mol. The van der Waals surface area contributed by atoms with Gasteiger partial charge in [-0.15, -0.1) is 0 Å². The second-order valence-corrected chi connectivity index (χ2v) is 5.48. The van der Waals surface area contributed by atoms with Crippen molar-refractivity contribution in [3.8, 4) is 0 Å². The highest BCUT2D eigenvalue weighted by Gasteiger charge is 2.39. The molecule has 0 amide bonds. The SMILES string of the molecule is OC1CCOCC1CN1CC2CCC1C2. The average Bonchev–Trinajstić information content (AvgIpc) is 2.83. The molecule has 4 unspecified atom stereocenters. The Morgan fingerprint density at radius 2 is 2.20 bits per heavy atom. The lowest BCUT2D eigenvalue weighted by atomic mass is 9.97. The van der Waals surface area contributed by atoms with Crippen LogP contribution < -0.4 is 0 Å². The molecule has 2 aliphatic heterocycles. The van der Waals surface area contributed by atoms with Gasteiger partial charge in [0.15, 0.2) is 0 Å². The van der Waals surface area contributed by atoms with Crippen LogP contribution in [0.3, 0.4) is 0 Å². The summed E-state index contributed by atoms with van der Waals surface area (Å²) in [4.78, 5) is 2.59. The van der Waals surface area contributed by atoms with Gasteiger partial charge in [0.05, 0.1) is 12.7 Å². The largest absolute Gasteiger partial charge is 0.393 e. The van der Waals surface area contributed by atoms with Crippen LogP contribution in [0.5, 0.6) is 0 Å². The molecule has 3 heteroatoms. The van der Waals surface area contributed by atoms with Crippen molar-refractivity contribution in [1.29, 1.82) is 0 Å². The molecule has 15 heavy (non-hydrogen) atoms. The summed E-state index contributed by atoms with van der Waals surface area (Å²) >= 11 is 0. The predicted molar refractivity (Wildman–Crippen MR) is 57.6 cm³/mol. The average molecular weight is 211 g/mol. The first-order valence-electron chi connectivity index (χ1n) is 6.33.